The maximum absolute atomic E-state index is 12.6. The minimum Gasteiger partial charge on any atom is -0.492 e. The van der Waals surface area contributed by atoms with Crippen LogP contribution in [0, 0.1) is 0 Å². The molecule has 0 bridgehead atoms. The van der Waals surface area contributed by atoms with Crippen LogP contribution in [0.5, 0.6) is 5.75 Å². The Hall–Kier alpha value is -1.50. The fourth-order valence-corrected chi connectivity index (χ4v) is 3.80. The van der Waals surface area contributed by atoms with Crippen LogP contribution in [0.1, 0.15) is 6.92 Å². The lowest BCUT2D eigenvalue weighted by Gasteiger charge is -2.37. The largest absolute Gasteiger partial charge is 0.492 e. The second-order valence-electron chi connectivity index (χ2n) is 6.95. The molecule has 1 N–H and O–H groups in total. The Balaban J connectivity index is 1.44. The van der Waals surface area contributed by atoms with E-state index in [1.165, 1.54) is 6.07 Å². The van der Waals surface area contributed by atoms with Gasteiger partial charge < -0.3 is 10.1 Å². The van der Waals surface area contributed by atoms with Crippen molar-refractivity contribution in [2.75, 3.05) is 44.6 Å². The summed E-state index contributed by atoms with van der Waals surface area (Å²) < 4.78 is 5.76. The standard InChI is InChI=1S/C21H24Cl3N3O2/c1-15(21(28)25-20-14-18(23)17(22)13-19(20)24)27-9-7-26(8-10-27)11-12-29-16-5-3-2-4-6-16/h2-6,13-15H,7-12H2,1H3,(H,25,28)/t15-/m0/s1. The maximum Gasteiger partial charge on any atom is 0.241 e. The van der Waals surface area contributed by atoms with Crippen molar-refractivity contribution in [3.63, 3.8) is 0 Å². The number of halogens is 3. The van der Waals surface area contributed by atoms with Gasteiger partial charge in [-0.15, -0.1) is 0 Å². The lowest BCUT2D eigenvalue weighted by atomic mass is 10.2. The second-order valence-corrected chi connectivity index (χ2v) is 8.17. The minimum absolute atomic E-state index is 0.119. The molecule has 156 valence electrons. The smallest absolute Gasteiger partial charge is 0.241 e. The zero-order chi connectivity index (χ0) is 20.8. The molecule has 0 aliphatic carbocycles. The van der Waals surface area contributed by atoms with Crippen molar-refractivity contribution < 1.29 is 9.53 Å². The summed E-state index contributed by atoms with van der Waals surface area (Å²) in [6, 6.07) is 12.6. The number of carbonyl (C=O) groups is 1. The number of amides is 1. The van der Waals surface area contributed by atoms with Gasteiger partial charge in [-0.25, -0.2) is 0 Å². The quantitative estimate of drug-likeness (QED) is 0.615. The molecular weight excluding hydrogens is 433 g/mol. The van der Waals surface area contributed by atoms with Crippen LogP contribution >= 0.6 is 34.8 Å². The van der Waals surface area contributed by atoms with Crippen LogP contribution < -0.4 is 10.1 Å². The molecule has 29 heavy (non-hydrogen) atoms. The number of anilines is 1. The van der Waals surface area contributed by atoms with Gasteiger partial charge in [0.1, 0.15) is 12.4 Å². The summed E-state index contributed by atoms with van der Waals surface area (Å²) in [6.07, 6.45) is 0. The van der Waals surface area contributed by atoms with Crippen molar-refractivity contribution in [1.82, 2.24) is 9.80 Å². The van der Waals surface area contributed by atoms with Crippen LogP contribution in [0.15, 0.2) is 42.5 Å². The molecule has 1 heterocycles. The van der Waals surface area contributed by atoms with Gasteiger partial charge in [0, 0.05) is 32.7 Å². The van der Waals surface area contributed by atoms with E-state index in [9.17, 15) is 4.79 Å². The maximum atomic E-state index is 12.6. The predicted molar refractivity (Wildman–Crippen MR) is 120 cm³/mol. The molecule has 5 nitrogen and oxygen atoms in total. The predicted octanol–water partition coefficient (Wildman–Crippen LogP) is 4.67. The summed E-state index contributed by atoms with van der Waals surface area (Å²) in [5.74, 6) is 0.767. The van der Waals surface area contributed by atoms with Crippen molar-refractivity contribution in [3.8, 4) is 5.75 Å². The van der Waals surface area contributed by atoms with E-state index in [1.807, 2.05) is 37.3 Å². The molecule has 1 amide bonds. The topological polar surface area (TPSA) is 44.8 Å². The molecule has 1 fully saturated rings. The van der Waals surface area contributed by atoms with Gasteiger partial charge in [-0.3, -0.25) is 14.6 Å². The summed E-state index contributed by atoms with van der Waals surface area (Å²) in [4.78, 5) is 17.2. The van der Waals surface area contributed by atoms with E-state index in [2.05, 4.69) is 15.1 Å². The third-order valence-electron chi connectivity index (χ3n) is 5.02. The highest BCUT2D eigenvalue weighted by atomic mass is 35.5. The molecule has 8 heteroatoms. The lowest BCUT2D eigenvalue weighted by molar-refractivity contribution is -0.121. The number of para-hydroxylation sites is 1. The van der Waals surface area contributed by atoms with E-state index in [1.54, 1.807) is 6.07 Å². The molecule has 0 unspecified atom stereocenters. The van der Waals surface area contributed by atoms with Gasteiger partial charge in [-0.1, -0.05) is 53.0 Å². The molecule has 0 saturated carbocycles. The average molecular weight is 457 g/mol. The number of hydrogen-bond acceptors (Lipinski definition) is 4. The fraction of sp³-hybridized carbons (Fsp3) is 0.381. The van der Waals surface area contributed by atoms with Crippen LogP contribution in [0.2, 0.25) is 15.1 Å². The van der Waals surface area contributed by atoms with Crippen molar-refractivity contribution in [3.05, 3.63) is 57.5 Å². The van der Waals surface area contributed by atoms with Gasteiger partial charge in [0.15, 0.2) is 0 Å². The molecule has 1 atom stereocenters. The fourth-order valence-electron chi connectivity index (χ4n) is 3.20. The molecular formula is C21H24Cl3N3O2. The van der Waals surface area contributed by atoms with Gasteiger partial charge in [0.2, 0.25) is 5.91 Å². The molecule has 0 radical (unpaired) electrons. The Morgan fingerprint density at radius 1 is 1.03 bits per heavy atom. The molecule has 1 saturated heterocycles. The van der Waals surface area contributed by atoms with Crippen LogP contribution in [0.25, 0.3) is 0 Å². The molecule has 1 aliphatic rings. The Morgan fingerprint density at radius 2 is 1.69 bits per heavy atom. The molecule has 0 aromatic heterocycles. The first-order valence-electron chi connectivity index (χ1n) is 9.53. The number of nitrogens with one attached hydrogen (secondary N) is 1. The molecule has 2 aromatic carbocycles. The number of hydrogen-bond donors (Lipinski definition) is 1. The monoisotopic (exact) mass is 455 g/mol. The molecule has 0 spiro atoms. The van der Waals surface area contributed by atoms with Crippen molar-refractivity contribution in [2.24, 2.45) is 0 Å². The second kappa shape index (κ2) is 10.5. The van der Waals surface area contributed by atoms with E-state index in [-0.39, 0.29) is 11.9 Å². The Labute approximate surface area is 186 Å². The number of piperazine rings is 1. The number of benzene rings is 2. The summed E-state index contributed by atoms with van der Waals surface area (Å²) in [5.41, 5.74) is 0.467. The normalized spacial score (nSPS) is 16.4. The number of carbonyl (C=O) groups excluding carboxylic acids is 1. The lowest BCUT2D eigenvalue weighted by Crippen LogP contribution is -2.53. The molecule has 2 aromatic rings. The van der Waals surface area contributed by atoms with Gasteiger partial charge in [-0.2, -0.15) is 0 Å². The first-order valence-corrected chi connectivity index (χ1v) is 10.7. The van der Waals surface area contributed by atoms with Crippen molar-refractivity contribution in [1.29, 1.82) is 0 Å². The van der Waals surface area contributed by atoms with Crippen LogP contribution in [-0.2, 0) is 4.79 Å². The SMILES string of the molecule is C[C@@H](C(=O)Nc1cc(Cl)c(Cl)cc1Cl)N1CCN(CCOc2ccccc2)CC1. The van der Waals surface area contributed by atoms with Gasteiger partial charge in [0.25, 0.3) is 0 Å². The van der Waals surface area contributed by atoms with E-state index < -0.39 is 0 Å². The molecule has 1 aliphatic heterocycles. The number of ether oxygens (including phenoxy) is 1. The van der Waals surface area contributed by atoms with E-state index in [4.69, 9.17) is 39.5 Å². The highest BCUT2D eigenvalue weighted by molar-refractivity contribution is 6.44. The highest BCUT2D eigenvalue weighted by Gasteiger charge is 2.26. The minimum atomic E-state index is -0.275. The summed E-state index contributed by atoms with van der Waals surface area (Å²) in [7, 11) is 0. The van der Waals surface area contributed by atoms with Crippen LogP contribution in [0.3, 0.4) is 0 Å². The Morgan fingerprint density at radius 3 is 2.38 bits per heavy atom. The van der Waals surface area contributed by atoms with Gasteiger partial charge in [0.05, 0.1) is 26.8 Å². The zero-order valence-corrected chi connectivity index (χ0v) is 18.5. The first kappa shape index (κ1) is 22.2. The molecule has 3 rings (SSSR count). The third-order valence-corrected chi connectivity index (χ3v) is 6.06. The average Bonchev–Trinajstić information content (AvgIpc) is 2.72. The summed E-state index contributed by atoms with van der Waals surface area (Å²) in [6.45, 7) is 6.82. The third kappa shape index (κ3) is 6.24. The van der Waals surface area contributed by atoms with Gasteiger partial charge >= 0.3 is 0 Å². The van der Waals surface area contributed by atoms with Crippen molar-refractivity contribution >= 4 is 46.4 Å². The van der Waals surface area contributed by atoms with E-state index in [0.717, 1.165) is 38.5 Å². The summed E-state index contributed by atoms with van der Waals surface area (Å²) in [5, 5.41) is 3.92. The van der Waals surface area contributed by atoms with Gasteiger partial charge in [-0.05, 0) is 31.2 Å². The number of nitrogens with zero attached hydrogens (tertiary/aromatic N) is 2. The first-order chi connectivity index (χ1) is 13.9. The van der Waals surface area contributed by atoms with Crippen LogP contribution in [-0.4, -0.2) is 61.1 Å². The van der Waals surface area contributed by atoms with Crippen molar-refractivity contribution in [2.45, 2.75) is 13.0 Å². The highest BCUT2D eigenvalue weighted by Crippen LogP contribution is 2.32. The van der Waals surface area contributed by atoms with E-state index in [0.29, 0.717) is 27.4 Å². The van der Waals surface area contributed by atoms with E-state index >= 15 is 0 Å². The summed E-state index contributed by atoms with van der Waals surface area (Å²) >= 11 is 18.1. The Kier molecular flexibility index (Phi) is 8.04. The zero-order valence-electron chi connectivity index (χ0n) is 16.2. The number of rotatable bonds is 7. The Bertz CT molecular complexity index is 827. The van der Waals surface area contributed by atoms with Crippen LogP contribution in [0.4, 0.5) is 5.69 Å².